The number of aliphatic carboxylic acids is 1. The van der Waals surface area contributed by atoms with Gasteiger partial charge in [-0.1, -0.05) is 42.8 Å². The Morgan fingerprint density at radius 3 is 2.30 bits per heavy atom. The maximum absolute atomic E-state index is 12.6. The zero-order valence-electron chi connectivity index (χ0n) is 14.3. The molecule has 0 aliphatic carbocycles. The van der Waals surface area contributed by atoms with Crippen LogP contribution in [0.1, 0.15) is 12.5 Å². The number of sulfonamides is 1. The van der Waals surface area contributed by atoms with Gasteiger partial charge in [0.15, 0.2) is 11.0 Å². The van der Waals surface area contributed by atoms with Crippen LogP contribution >= 0.6 is 11.6 Å². The molecular weight excluding hydrogens is 390 g/mol. The molecule has 0 aliphatic rings. The zero-order chi connectivity index (χ0) is 19.6. The first kappa shape index (κ1) is 19.1. The van der Waals surface area contributed by atoms with Crippen LogP contribution in [0.4, 0.5) is 5.82 Å². The van der Waals surface area contributed by atoms with E-state index in [0.717, 1.165) is 5.56 Å². The highest BCUT2D eigenvalue weighted by Gasteiger charge is 2.19. The van der Waals surface area contributed by atoms with Gasteiger partial charge in [0.25, 0.3) is 10.0 Å². The largest absolute Gasteiger partial charge is 0.481 e. The number of carboxylic acid groups (broad SMARTS) is 1. The number of hydrogen-bond acceptors (Lipinski definition) is 5. The lowest BCUT2D eigenvalue weighted by Gasteiger charge is -2.10. The van der Waals surface area contributed by atoms with Crippen LogP contribution in [0.3, 0.4) is 0 Å². The predicted octanol–water partition coefficient (Wildman–Crippen LogP) is 3.35. The third kappa shape index (κ3) is 4.35. The molecule has 7 nitrogen and oxygen atoms in total. The highest BCUT2D eigenvalue weighted by molar-refractivity contribution is 7.92. The number of benzene rings is 2. The van der Waals surface area contributed by atoms with Crippen LogP contribution in [0.5, 0.6) is 0 Å². The SMILES string of the molecule is CC(Cc1ccc(S(=O)(=O)Nc2nc3ccccc3nc2Cl)cc1)C(=O)O. The second kappa shape index (κ2) is 7.50. The van der Waals surface area contributed by atoms with Gasteiger partial charge in [-0.25, -0.2) is 18.4 Å². The molecule has 0 saturated carbocycles. The van der Waals surface area contributed by atoms with Crippen molar-refractivity contribution in [2.45, 2.75) is 18.2 Å². The van der Waals surface area contributed by atoms with Crippen LogP contribution in [-0.2, 0) is 21.2 Å². The molecule has 1 heterocycles. The van der Waals surface area contributed by atoms with E-state index in [2.05, 4.69) is 14.7 Å². The zero-order valence-corrected chi connectivity index (χ0v) is 15.8. The van der Waals surface area contributed by atoms with Crippen molar-refractivity contribution in [2.24, 2.45) is 5.92 Å². The maximum Gasteiger partial charge on any atom is 0.306 e. The molecule has 9 heteroatoms. The number of fused-ring (bicyclic) bond motifs is 1. The minimum absolute atomic E-state index is 0.0141. The Morgan fingerprint density at radius 1 is 1.11 bits per heavy atom. The Bertz CT molecular complexity index is 1100. The van der Waals surface area contributed by atoms with Gasteiger partial charge in [-0.15, -0.1) is 0 Å². The summed E-state index contributed by atoms with van der Waals surface area (Å²) in [7, 11) is -3.92. The molecule has 0 saturated heterocycles. The molecule has 0 aliphatic heterocycles. The third-order valence-electron chi connectivity index (χ3n) is 3.96. The van der Waals surface area contributed by atoms with Crippen LogP contribution in [0, 0.1) is 5.92 Å². The van der Waals surface area contributed by atoms with Crippen molar-refractivity contribution in [1.82, 2.24) is 9.97 Å². The van der Waals surface area contributed by atoms with E-state index in [1.807, 2.05) is 0 Å². The van der Waals surface area contributed by atoms with E-state index in [1.165, 1.54) is 12.1 Å². The van der Waals surface area contributed by atoms with Crippen molar-refractivity contribution in [2.75, 3.05) is 4.72 Å². The van der Waals surface area contributed by atoms with E-state index in [9.17, 15) is 13.2 Å². The van der Waals surface area contributed by atoms with Crippen molar-refractivity contribution >= 4 is 44.4 Å². The van der Waals surface area contributed by atoms with Crippen molar-refractivity contribution < 1.29 is 18.3 Å². The number of carbonyl (C=O) groups is 1. The molecule has 1 unspecified atom stereocenters. The molecule has 0 radical (unpaired) electrons. The van der Waals surface area contributed by atoms with Gasteiger partial charge in [-0.05, 0) is 36.2 Å². The molecule has 0 bridgehead atoms. The second-order valence-electron chi connectivity index (χ2n) is 6.04. The molecule has 1 atom stereocenters. The predicted molar refractivity (Wildman–Crippen MR) is 102 cm³/mol. The molecule has 3 rings (SSSR count). The Balaban J connectivity index is 1.84. The van der Waals surface area contributed by atoms with E-state index in [-0.39, 0.29) is 15.9 Å². The van der Waals surface area contributed by atoms with E-state index in [4.69, 9.17) is 16.7 Å². The fourth-order valence-corrected chi connectivity index (χ4v) is 3.72. The summed E-state index contributed by atoms with van der Waals surface area (Å²) in [6.45, 7) is 1.59. The first-order chi connectivity index (χ1) is 12.8. The van der Waals surface area contributed by atoms with Crippen LogP contribution in [0.15, 0.2) is 53.4 Å². The number of hydrogen-bond donors (Lipinski definition) is 2. The average Bonchev–Trinajstić information content (AvgIpc) is 2.62. The van der Waals surface area contributed by atoms with Gasteiger partial charge in [-0.2, -0.15) is 0 Å². The number of carboxylic acids is 1. The molecule has 2 N–H and O–H groups in total. The number of anilines is 1. The molecule has 2 aromatic carbocycles. The van der Waals surface area contributed by atoms with Crippen LogP contribution < -0.4 is 4.72 Å². The summed E-state index contributed by atoms with van der Waals surface area (Å²) >= 11 is 6.05. The Labute approximate surface area is 161 Å². The molecule has 0 fully saturated rings. The molecule has 140 valence electrons. The minimum atomic E-state index is -3.92. The fourth-order valence-electron chi connectivity index (χ4n) is 2.48. The first-order valence-corrected chi connectivity index (χ1v) is 9.89. The smallest absolute Gasteiger partial charge is 0.306 e. The summed E-state index contributed by atoms with van der Waals surface area (Å²) in [5.74, 6) is -1.52. The Hall–Kier alpha value is -2.71. The third-order valence-corrected chi connectivity index (χ3v) is 5.57. The maximum atomic E-state index is 12.6. The first-order valence-electron chi connectivity index (χ1n) is 8.03. The second-order valence-corrected chi connectivity index (χ2v) is 8.09. The molecule has 0 amide bonds. The van der Waals surface area contributed by atoms with Gasteiger partial charge < -0.3 is 5.11 Å². The quantitative estimate of drug-likeness (QED) is 0.650. The fraction of sp³-hybridized carbons (Fsp3) is 0.167. The number of halogens is 1. The van der Waals surface area contributed by atoms with Gasteiger partial charge in [0.1, 0.15) is 0 Å². The van der Waals surface area contributed by atoms with E-state index in [0.29, 0.717) is 17.5 Å². The van der Waals surface area contributed by atoms with E-state index < -0.39 is 21.9 Å². The Morgan fingerprint density at radius 2 is 1.70 bits per heavy atom. The number of nitrogens with one attached hydrogen (secondary N) is 1. The van der Waals surface area contributed by atoms with Gasteiger partial charge in [0.2, 0.25) is 0 Å². The average molecular weight is 406 g/mol. The lowest BCUT2D eigenvalue weighted by molar-refractivity contribution is -0.141. The van der Waals surface area contributed by atoms with Crippen LogP contribution in [-0.4, -0.2) is 29.5 Å². The topological polar surface area (TPSA) is 109 Å². The highest BCUT2D eigenvalue weighted by atomic mass is 35.5. The molecule has 27 heavy (non-hydrogen) atoms. The summed E-state index contributed by atoms with van der Waals surface area (Å²) in [4.78, 5) is 19.3. The number of aromatic nitrogens is 2. The number of rotatable bonds is 6. The number of nitrogens with zero attached hydrogens (tertiary/aromatic N) is 2. The van der Waals surface area contributed by atoms with Gasteiger partial charge in [0, 0.05) is 0 Å². The normalized spacial score (nSPS) is 12.7. The van der Waals surface area contributed by atoms with Crippen molar-refractivity contribution in [1.29, 1.82) is 0 Å². The molecule has 0 spiro atoms. The minimum Gasteiger partial charge on any atom is -0.481 e. The highest BCUT2D eigenvalue weighted by Crippen LogP contribution is 2.24. The Kier molecular flexibility index (Phi) is 5.29. The number of para-hydroxylation sites is 2. The van der Waals surface area contributed by atoms with Crippen molar-refractivity contribution in [3.63, 3.8) is 0 Å². The molecule has 3 aromatic rings. The molecular formula is C18H16ClN3O4S. The summed E-state index contributed by atoms with van der Waals surface area (Å²) in [5.41, 5.74) is 1.80. The van der Waals surface area contributed by atoms with Crippen molar-refractivity contribution in [3.8, 4) is 0 Å². The monoisotopic (exact) mass is 405 g/mol. The van der Waals surface area contributed by atoms with Gasteiger partial charge >= 0.3 is 5.97 Å². The van der Waals surface area contributed by atoms with Crippen molar-refractivity contribution in [3.05, 3.63) is 59.2 Å². The van der Waals surface area contributed by atoms with Gasteiger partial charge in [0.05, 0.1) is 21.8 Å². The van der Waals surface area contributed by atoms with Gasteiger partial charge in [-0.3, -0.25) is 9.52 Å². The van der Waals surface area contributed by atoms with E-state index in [1.54, 1.807) is 43.3 Å². The van der Waals surface area contributed by atoms with Crippen LogP contribution in [0.25, 0.3) is 11.0 Å². The summed E-state index contributed by atoms with van der Waals surface area (Å²) in [6.07, 6.45) is 0.311. The summed E-state index contributed by atoms with van der Waals surface area (Å²) in [5, 5.41) is 8.91. The lowest BCUT2D eigenvalue weighted by atomic mass is 10.0. The summed E-state index contributed by atoms with van der Waals surface area (Å²) in [6, 6.07) is 13.0. The standard InChI is InChI=1S/C18H16ClN3O4S/c1-11(18(23)24)10-12-6-8-13(9-7-12)27(25,26)22-17-16(19)20-14-4-2-3-5-15(14)21-17/h2-9,11H,10H2,1H3,(H,21,22)(H,23,24). The van der Waals surface area contributed by atoms with Crippen LogP contribution in [0.2, 0.25) is 5.15 Å². The molecule has 1 aromatic heterocycles. The summed E-state index contributed by atoms with van der Waals surface area (Å²) < 4.78 is 27.5. The van der Waals surface area contributed by atoms with E-state index >= 15 is 0 Å². The lowest BCUT2D eigenvalue weighted by Crippen LogP contribution is -2.15.